The molecule has 6 nitrogen and oxygen atoms in total. The predicted octanol–water partition coefficient (Wildman–Crippen LogP) is 1.85. The van der Waals surface area contributed by atoms with Gasteiger partial charge in [0.05, 0.1) is 6.54 Å². The second-order valence-corrected chi connectivity index (χ2v) is 5.08. The first-order valence-corrected chi connectivity index (χ1v) is 6.43. The summed E-state index contributed by atoms with van der Waals surface area (Å²) >= 11 is 3.20. The summed E-state index contributed by atoms with van der Waals surface area (Å²) in [6.07, 6.45) is 0. The summed E-state index contributed by atoms with van der Waals surface area (Å²) < 4.78 is 18.6. The Bertz CT molecular complexity index is 710. The number of hydrogen-bond donors (Lipinski definition) is 1. The summed E-state index contributed by atoms with van der Waals surface area (Å²) in [5, 5.41) is 5.71. The summed E-state index contributed by atoms with van der Waals surface area (Å²) in [6.45, 7) is 1.71. The van der Waals surface area contributed by atoms with Crippen LogP contribution in [-0.2, 0) is 6.54 Å². The minimum absolute atomic E-state index is 0.00510. The smallest absolute Gasteiger partial charge is 0.391 e. The molecule has 0 radical (unpaired) electrons. The highest BCUT2D eigenvalue weighted by Crippen LogP contribution is 2.22. The maximum atomic E-state index is 13.4. The molecule has 0 unspecified atom stereocenters. The molecular formula is C12H11BrFN3O3. The minimum Gasteiger partial charge on any atom is -0.391 e. The van der Waals surface area contributed by atoms with Crippen molar-refractivity contribution in [1.82, 2.24) is 15.1 Å². The lowest BCUT2D eigenvalue weighted by Crippen LogP contribution is -2.27. The van der Waals surface area contributed by atoms with Crippen LogP contribution in [0.4, 0.5) is 4.39 Å². The van der Waals surface area contributed by atoms with E-state index >= 15 is 0 Å². The highest BCUT2D eigenvalue weighted by molar-refractivity contribution is 9.10. The predicted molar refractivity (Wildman–Crippen MR) is 71.8 cm³/mol. The number of amides is 1. The van der Waals surface area contributed by atoms with Gasteiger partial charge in [0, 0.05) is 17.1 Å². The number of aromatic nitrogens is 2. The van der Waals surface area contributed by atoms with Gasteiger partial charge in [0.25, 0.3) is 5.91 Å². The van der Waals surface area contributed by atoms with Crippen LogP contribution in [0, 0.1) is 12.7 Å². The lowest BCUT2D eigenvalue weighted by atomic mass is 10.1. The zero-order valence-electron chi connectivity index (χ0n) is 10.7. The van der Waals surface area contributed by atoms with Gasteiger partial charge < -0.3 is 9.32 Å². The van der Waals surface area contributed by atoms with Crippen LogP contribution in [0.3, 0.4) is 0 Å². The Hall–Kier alpha value is -1.96. The van der Waals surface area contributed by atoms with Crippen molar-refractivity contribution in [2.45, 2.75) is 13.5 Å². The Morgan fingerprint density at radius 2 is 2.25 bits per heavy atom. The molecule has 106 valence electrons. The van der Waals surface area contributed by atoms with Gasteiger partial charge in [-0.05, 0) is 24.6 Å². The van der Waals surface area contributed by atoms with E-state index in [1.54, 1.807) is 6.92 Å². The molecule has 2 aromatic rings. The molecule has 0 aliphatic heterocycles. The maximum absolute atomic E-state index is 13.4. The average molecular weight is 344 g/mol. The van der Waals surface area contributed by atoms with Crippen LogP contribution in [-0.4, -0.2) is 28.1 Å². The molecule has 2 rings (SSSR count). The molecule has 0 saturated carbocycles. The van der Waals surface area contributed by atoms with E-state index in [0.717, 1.165) is 0 Å². The van der Waals surface area contributed by atoms with Crippen molar-refractivity contribution in [3.63, 3.8) is 0 Å². The van der Waals surface area contributed by atoms with Crippen molar-refractivity contribution in [2.75, 3.05) is 7.05 Å². The summed E-state index contributed by atoms with van der Waals surface area (Å²) in [6, 6.07) is 2.46. The largest absolute Gasteiger partial charge is 0.434 e. The van der Waals surface area contributed by atoms with Crippen LogP contribution >= 0.6 is 15.9 Å². The molecule has 1 N–H and O–H groups in total. The van der Waals surface area contributed by atoms with Crippen LogP contribution in [0.1, 0.15) is 21.8 Å². The summed E-state index contributed by atoms with van der Waals surface area (Å²) in [7, 11) is 1.51. The molecule has 0 aliphatic carbocycles. The van der Waals surface area contributed by atoms with Gasteiger partial charge in [-0.3, -0.25) is 4.79 Å². The zero-order valence-corrected chi connectivity index (χ0v) is 12.3. The first-order valence-electron chi connectivity index (χ1n) is 5.64. The molecule has 0 fully saturated rings. The molecule has 1 amide bonds. The number of aromatic amines is 1. The first-order chi connectivity index (χ1) is 9.38. The SMILES string of the molecule is Cc1c(Br)cc(F)cc1C(=O)N(C)Cc1n[nH]c(=O)o1. The fourth-order valence-electron chi connectivity index (χ4n) is 1.68. The number of hydrogen-bond acceptors (Lipinski definition) is 4. The normalized spacial score (nSPS) is 10.6. The van der Waals surface area contributed by atoms with E-state index in [-0.39, 0.29) is 18.0 Å². The summed E-state index contributed by atoms with van der Waals surface area (Å²) in [4.78, 5) is 24.4. The third-order valence-electron chi connectivity index (χ3n) is 2.74. The first kappa shape index (κ1) is 14.4. The van der Waals surface area contributed by atoms with E-state index in [2.05, 4.69) is 26.1 Å². The number of halogens is 2. The van der Waals surface area contributed by atoms with Crippen molar-refractivity contribution < 1.29 is 13.6 Å². The molecule has 1 aromatic heterocycles. The number of nitrogens with zero attached hydrogens (tertiary/aromatic N) is 2. The number of H-pyrrole nitrogens is 1. The molecule has 0 bridgehead atoms. The molecule has 1 heterocycles. The highest BCUT2D eigenvalue weighted by Gasteiger charge is 2.18. The number of rotatable bonds is 3. The van der Waals surface area contributed by atoms with Gasteiger partial charge in [-0.1, -0.05) is 15.9 Å². The van der Waals surface area contributed by atoms with Crippen molar-refractivity contribution in [1.29, 1.82) is 0 Å². The van der Waals surface area contributed by atoms with Crippen LogP contribution in [0.2, 0.25) is 0 Å². The Morgan fingerprint density at radius 1 is 1.55 bits per heavy atom. The lowest BCUT2D eigenvalue weighted by molar-refractivity contribution is 0.0771. The Morgan fingerprint density at radius 3 is 2.85 bits per heavy atom. The van der Waals surface area contributed by atoms with Gasteiger partial charge in [-0.15, -0.1) is 5.10 Å². The van der Waals surface area contributed by atoms with E-state index in [0.29, 0.717) is 10.0 Å². The standard InChI is InChI=1S/C12H11BrFN3O3/c1-6-8(3-7(14)4-9(6)13)11(18)17(2)5-10-15-16-12(19)20-10/h3-4H,5H2,1-2H3,(H,16,19). The fourth-order valence-corrected chi connectivity index (χ4v) is 2.11. The van der Waals surface area contributed by atoms with Crippen molar-refractivity contribution in [3.05, 3.63) is 50.0 Å². The molecule has 8 heteroatoms. The molecule has 1 aromatic carbocycles. The third-order valence-corrected chi connectivity index (χ3v) is 3.56. The van der Waals surface area contributed by atoms with Crippen LogP contribution in [0.15, 0.2) is 25.8 Å². The van der Waals surface area contributed by atoms with Gasteiger partial charge in [0.2, 0.25) is 5.89 Å². The quantitative estimate of drug-likeness (QED) is 0.922. The maximum Gasteiger partial charge on any atom is 0.434 e. The van der Waals surface area contributed by atoms with Crippen LogP contribution < -0.4 is 5.76 Å². The fraction of sp³-hybridized carbons (Fsp3) is 0.250. The lowest BCUT2D eigenvalue weighted by Gasteiger charge is -2.17. The number of nitrogens with one attached hydrogen (secondary N) is 1. The van der Waals surface area contributed by atoms with Crippen molar-refractivity contribution in [3.8, 4) is 0 Å². The van der Waals surface area contributed by atoms with Gasteiger partial charge in [0.1, 0.15) is 5.82 Å². The number of carbonyl (C=O) groups is 1. The average Bonchev–Trinajstić information content (AvgIpc) is 2.78. The molecule has 0 saturated heterocycles. The second-order valence-electron chi connectivity index (χ2n) is 4.23. The van der Waals surface area contributed by atoms with Crippen LogP contribution in [0.5, 0.6) is 0 Å². The molecule has 20 heavy (non-hydrogen) atoms. The molecule has 0 atom stereocenters. The zero-order chi connectivity index (χ0) is 14.9. The highest BCUT2D eigenvalue weighted by atomic mass is 79.9. The Balaban J connectivity index is 2.24. The third kappa shape index (κ3) is 2.96. The van der Waals surface area contributed by atoms with E-state index in [4.69, 9.17) is 4.42 Å². The van der Waals surface area contributed by atoms with E-state index in [1.165, 1.54) is 24.1 Å². The van der Waals surface area contributed by atoms with E-state index in [1.807, 2.05) is 0 Å². The minimum atomic E-state index is -0.689. The van der Waals surface area contributed by atoms with Crippen molar-refractivity contribution >= 4 is 21.8 Å². The molecular weight excluding hydrogens is 333 g/mol. The van der Waals surface area contributed by atoms with Gasteiger partial charge >= 0.3 is 5.76 Å². The second kappa shape index (κ2) is 5.58. The van der Waals surface area contributed by atoms with E-state index in [9.17, 15) is 14.0 Å². The number of benzene rings is 1. The van der Waals surface area contributed by atoms with Gasteiger partial charge in [-0.2, -0.15) is 0 Å². The van der Waals surface area contributed by atoms with Crippen molar-refractivity contribution in [2.24, 2.45) is 0 Å². The summed E-state index contributed by atoms with van der Waals surface area (Å²) in [5.41, 5.74) is 0.865. The van der Waals surface area contributed by atoms with Gasteiger partial charge in [-0.25, -0.2) is 14.3 Å². The Labute approximate surface area is 121 Å². The topological polar surface area (TPSA) is 79.2 Å². The monoisotopic (exact) mass is 343 g/mol. The van der Waals surface area contributed by atoms with Crippen LogP contribution in [0.25, 0.3) is 0 Å². The molecule has 0 spiro atoms. The summed E-state index contributed by atoms with van der Waals surface area (Å²) in [5.74, 6) is -1.51. The molecule has 0 aliphatic rings. The van der Waals surface area contributed by atoms with Gasteiger partial charge in [0.15, 0.2) is 0 Å². The number of carbonyl (C=O) groups excluding carboxylic acids is 1. The van der Waals surface area contributed by atoms with E-state index < -0.39 is 17.5 Å². The Kier molecular flexibility index (Phi) is 4.03.